The van der Waals surface area contributed by atoms with Crippen LogP contribution in [0.5, 0.6) is 0 Å². The van der Waals surface area contributed by atoms with Crippen molar-refractivity contribution < 1.29 is 8.83 Å². The van der Waals surface area contributed by atoms with Crippen LogP contribution in [0.1, 0.15) is 0 Å². The maximum atomic E-state index is 6.78. The topological polar surface area (TPSA) is 36.1 Å². The van der Waals surface area contributed by atoms with Crippen LogP contribution in [-0.4, -0.2) is 9.13 Å². The molecule has 13 aromatic rings. The highest BCUT2D eigenvalue weighted by Crippen LogP contribution is 2.45. The highest BCUT2D eigenvalue weighted by molar-refractivity contribution is 6.21. The Kier molecular flexibility index (Phi) is 6.41. The average Bonchev–Trinajstić information content (AvgIpc) is 4.04. The molecule has 0 bridgehead atoms. The van der Waals surface area contributed by atoms with E-state index in [4.69, 9.17) is 8.83 Å². The fraction of sp³-hybridized carbons (Fsp3) is 0. The minimum atomic E-state index is 0.850. The molecule has 270 valence electrons. The van der Waals surface area contributed by atoms with E-state index in [2.05, 4.69) is 191 Å². The van der Waals surface area contributed by atoms with Gasteiger partial charge in [-0.25, -0.2) is 0 Å². The molecule has 0 N–H and O–H groups in total. The van der Waals surface area contributed by atoms with Gasteiger partial charge in [0.2, 0.25) is 0 Å². The molecule has 0 unspecified atom stereocenters. The SMILES string of the molecule is c1ccc(-n2c3ccccc3c3c(-c4cccc5c6ccccc6n(-c6ccc7oc8c(-c9cccc%10c9oc9ccccc9%10)cccc8c7c6)c45)cccc32)cc1. The van der Waals surface area contributed by atoms with E-state index in [-0.39, 0.29) is 0 Å². The largest absolute Gasteiger partial charge is 0.455 e. The van der Waals surface area contributed by atoms with E-state index in [0.29, 0.717) is 0 Å². The van der Waals surface area contributed by atoms with Gasteiger partial charge in [-0.2, -0.15) is 0 Å². The molecular formula is C54H32N2O2. The molecular weight excluding hydrogens is 709 g/mol. The molecule has 0 aliphatic carbocycles. The lowest BCUT2D eigenvalue weighted by Crippen LogP contribution is -1.96. The van der Waals surface area contributed by atoms with Crippen LogP contribution in [0.25, 0.3) is 121 Å². The van der Waals surface area contributed by atoms with Crippen molar-refractivity contribution in [1.29, 1.82) is 0 Å². The molecule has 9 aromatic carbocycles. The Labute approximate surface area is 332 Å². The molecule has 4 heterocycles. The van der Waals surface area contributed by atoms with Gasteiger partial charge in [0.25, 0.3) is 0 Å². The highest BCUT2D eigenvalue weighted by Gasteiger charge is 2.22. The number of furan rings is 2. The molecule has 0 amide bonds. The first kappa shape index (κ1) is 31.4. The van der Waals surface area contributed by atoms with E-state index in [1.54, 1.807) is 0 Å². The predicted molar refractivity (Wildman–Crippen MR) is 241 cm³/mol. The smallest absolute Gasteiger partial charge is 0.143 e. The fourth-order valence-corrected chi connectivity index (χ4v) is 9.70. The van der Waals surface area contributed by atoms with Gasteiger partial charge in [0.1, 0.15) is 22.3 Å². The van der Waals surface area contributed by atoms with E-state index < -0.39 is 0 Å². The molecule has 0 aliphatic rings. The van der Waals surface area contributed by atoms with Crippen LogP contribution in [0, 0.1) is 0 Å². The Morgan fingerprint density at radius 1 is 0.293 bits per heavy atom. The Morgan fingerprint density at radius 2 is 0.828 bits per heavy atom. The molecule has 0 saturated carbocycles. The minimum absolute atomic E-state index is 0.850. The molecule has 13 rings (SSSR count). The fourth-order valence-electron chi connectivity index (χ4n) is 9.70. The van der Waals surface area contributed by atoms with Crippen molar-refractivity contribution in [1.82, 2.24) is 9.13 Å². The van der Waals surface area contributed by atoms with Crippen molar-refractivity contribution in [3.05, 3.63) is 194 Å². The summed E-state index contributed by atoms with van der Waals surface area (Å²) in [6.45, 7) is 0. The summed E-state index contributed by atoms with van der Waals surface area (Å²) < 4.78 is 18.1. The summed E-state index contributed by atoms with van der Waals surface area (Å²) >= 11 is 0. The summed E-state index contributed by atoms with van der Waals surface area (Å²) in [6, 6.07) is 69.4. The number of fused-ring (bicyclic) bond motifs is 12. The van der Waals surface area contributed by atoms with Crippen LogP contribution < -0.4 is 0 Å². The Bertz CT molecular complexity index is 3800. The van der Waals surface area contributed by atoms with Gasteiger partial charge < -0.3 is 18.0 Å². The summed E-state index contributed by atoms with van der Waals surface area (Å²) in [7, 11) is 0. The minimum Gasteiger partial charge on any atom is -0.455 e. The van der Waals surface area contributed by atoms with Gasteiger partial charge in [0.15, 0.2) is 0 Å². The number of benzene rings is 9. The van der Waals surface area contributed by atoms with Crippen molar-refractivity contribution in [2.45, 2.75) is 0 Å². The van der Waals surface area contributed by atoms with Crippen molar-refractivity contribution in [3.63, 3.8) is 0 Å². The summed E-state index contributed by atoms with van der Waals surface area (Å²) in [6.07, 6.45) is 0. The summed E-state index contributed by atoms with van der Waals surface area (Å²) in [5.41, 5.74) is 14.8. The van der Waals surface area contributed by atoms with Gasteiger partial charge in [0, 0.05) is 71.2 Å². The number of aromatic nitrogens is 2. The summed E-state index contributed by atoms with van der Waals surface area (Å²) in [4.78, 5) is 0. The quantitative estimate of drug-likeness (QED) is 0.180. The summed E-state index contributed by atoms with van der Waals surface area (Å²) in [5, 5.41) is 9.28. The zero-order valence-electron chi connectivity index (χ0n) is 31.2. The van der Waals surface area contributed by atoms with Crippen LogP contribution in [0.3, 0.4) is 0 Å². The van der Waals surface area contributed by atoms with Crippen LogP contribution in [-0.2, 0) is 0 Å². The second-order valence-electron chi connectivity index (χ2n) is 15.2. The maximum absolute atomic E-state index is 6.78. The lowest BCUT2D eigenvalue weighted by Gasteiger charge is -2.13. The monoisotopic (exact) mass is 740 g/mol. The molecule has 0 saturated heterocycles. The standard InChI is InChI=1S/C54H32N2O2/c1-2-14-33(15-3-1)55-47-27-8-5-18-44(47)51-37(19-13-28-48(51)55)39-21-10-20-38-35-16-4-7-26-46(35)56(52(38)39)34-30-31-50-45(32-34)43-25-12-24-42(54(43)58-50)41-23-11-22-40-36-17-6-9-29-49(36)57-53(40)41/h1-32H. The third kappa shape index (κ3) is 4.29. The zero-order chi connectivity index (χ0) is 37.9. The number of hydrogen-bond donors (Lipinski definition) is 0. The molecule has 4 nitrogen and oxygen atoms in total. The van der Waals surface area contributed by atoms with Crippen molar-refractivity contribution in [2.24, 2.45) is 0 Å². The van der Waals surface area contributed by atoms with Gasteiger partial charge in [0.05, 0.1) is 22.1 Å². The second-order valence-corrected chi connectivity index (χ2v) is 15.2. The maximum Gasteiger partial charge on any atom is 0.143 e. The van der Waals surface area contributed by atoms with Crippen LogP contribution in [0.4, 0.5) is 0 Å². The third-order valence-electron chi connectivity index (χ3n) is 12.1. The van der Waals surface area contributed by atoms with Gasteiger partial charge in [-0.3, -0.25) is 0 Å². The lowest BCUT2D eigenvalue weighted by atomic mass is 9.97. The van der Waals surface area contributed by atoms with E-state index in [1.807, 2.05) is 12.1 Å². The van der Waals surface area contributed by atoms with Crippen molar-refractivity contribution >= 4 is 87.5 Å². The van der Waals surface area contributed by atoms with E-state index in [1.165, 1.54) is 49.2 Å². The Hall–Kier alpha value is -7.82. The second kappa shape index (κ2) is 11.8. The number of rotatable bonds is 4. The average molecular weight is 741 g/mol. The van der Waals surface area contributed by atoms with Gasteiger partial charge in [-0.15, -0.1) is 0 Å². The first-order valence-electron chi connectivity index (χ1n) is 19.8. The third-order valence-corrected chi connectivity index (χ3v) is 12.1. The number of hydrogen-bond acceptors (Lipinski definition) is 2. The van der Waals surface area contributed by atoms with Crippen LogP contribution in [0.15, 0.2) is 203 Å². The molecule has 0 atom stereocenters. The number of nitrogens with zero attached hydrogens (tertiary/aromatic N) is 2. The molecule has 0 spiro atoms. The summed E-state index contributed by atoms with van der Waals surface area (Å²) in [5.74, 6) is 0. The van der Waals surface area contributed by atoms with Gasteiger partial charge in [-0.1, -0.05) is 140 Å². The molecule has 0 fully saturated rings. The van der Waals surface area contributed by atoms with Crippen molar-refractivity contribution in [3.8, 4) is 33.6 Å². The number of para-hydroxylation sites is 7. The molecule has 58 heavy (non-hydrogen) atoms. The highest BCUT2D eigenvalue weighted by atomic mass is 16.3. The predicted octanol–water partition coefficient (Wildman–Crippen LogP) is 15.0. The zero-order valence-corrected chi connectivity index (χ0v) is 31.2. The first-order valence-corrected chi connectivity index (χ1v) is 19.8. The van der Waals surface area contributed by atoms with Gasteiger partial charge >= 0.3 is 0 Å². The van der Waals surface area contributed by atoms with Crippen LogP contribution >= 0.6 is 0 Å². The van der Waals surface area contributed by atoms with Crippen molar-refractivity contribution in [2.75, 3.05) is 0 Å². The molecule has 0 aliphatic heterocycles. The molecule has 4 aromatic heterocycles. The van der Waals surface area contributed by atoms with Gasteiger partial charge in [-0.05, 0) is 60.2 Å². The van der Waals surface area contributed by atoms with Crippen LogP contribution in [0.2, 0.25) is 0 Å². The Balaban J connectivity index is 1.07. The van der Waals surface area contributed by atoms with E-state index >= 15 is 0 Å². The van der Waals surface area contributed by atoms with E-state index in [0.717, 1.165) is 71.9 Å². The Morgan fingerprint density at radius 3 is 1.60 bits per heavy atom. The molecule has 0 radical (unpaired) electrons. The van der Waals surface area contributed by atoms with E-state index in [9.17, 15) is 0 Å². The normalized spacial score (nSPS) is 12.1. The molecule has 4 heteroatoms. The first-order chi connectivity index (χ1) is 28.8. The lowest BCUT2D eigenvalue weighted by molar-refractivity contribution is 0.665.